The average molecular weight is 1250 g/mol. The van der Waals surface area contributed by atoms with Crippen molar-refractivity contribution in [3.63, 3.8) is 0 Å². The van der Waals surface area contributed by atoms with E-state index in [9.17, 15) is 0 Å². The monoisotopic (exact) mass is 1240 g/mol. The normalized spacial score (nSPS) is 11.8. The van der Waals surface area contributed by atoms with Crippen LogP contribution in [0.1, 0.15) is 225 Å². The van der Waals surface area contributed by atoms with E-state index in [2.05, 4.69) is 187 Å². The summed E-state index contributed by atoms with van der Waals surface area (Å²) in [6.07, 6.45) is 43.1. The molecule has 0 saturated heterocycles. The Morgan fingerprint density at radius 2 is 0.747 bits per heavy atom. The fourth-order valence-corrected chi connectivity index (χ4v) is 18.0. The first-order valence-electron chi connectivity index (χ1n) is 30.6. The van der Waals surface area contributed by atoms with Crippen LogP contribution in [0, 0.1) is 6.92 Å². The smallest absolute Gasteiger partial charge is 0.104 e. The van der Waals surface area contributed by atoms with E-state index in [0.29, 0.717) is 0 Å². The Hall–Kier alpha value is -1.37. The number of unbranched alkanes of at least 4 members (excludes halogenated alkanes) is 27. The van der Waals surface area contributed by atoms with E-state index in [4.69, 9.17) is 4.74 Å². The van der Waals surface area contributed by atoms with Gasteiger partial charge in [0, 0.05) is 12.2 Å². The van der Waals surface area contributed by atoms with E-state index in [1.807, 2.05) is 0 Å². The molecule has 430 valence electrons. The zero-order valence-electron chi connectivity index (χ0n) is 49.9. The molecule has 4 rings (SSSR count). The first-order chi connectivity index (χ1) is 35.5. The summed E-state index contributed by atoms with van der Waals surface area (Å²) in [6, 6.07) is 42.7. The summed E-state index contributed by atoms with van der Waals surface area (Å²) >= 11 is 4.59. The van der Waals surface area contributed by atoms with Gasteiger partial charge in [0.05, 0.1) is 41.3 Å². The van der Waals surface area contributed by atoms with Gasteiger partial charge in [-0.15, -0.1) is 0 Å². The van der Waals surface area contributed by atoms with Gasteiger partial charge in [0.25, 0.3) is 0 Å². The molecular weight excluding hydrogens is 1130 g/mol. The largest absolute Gasteiger partial charge is 1.00 e. The Kier molecular flexibility index (Phi) is 46.6. The Bertz CT molecular complexity index is 1770. The number of rotatable bonds is 41. The van der Waals surface area contributed by atoms with Gasteiger partial charge in [-0.1, -0.05) is 153 Å². The minimum absolute atomic E-state index is 0. The number of nitrogens with one attached hydrogen (secondary N) is 1. The maximum Gasteiger partial charge on any atom is 0.104 e. The molecule has 75 heavy (non-hydrogen) atoms. The minimum atomic E-state index is -2.74. The fraction of sp³-hybridized carbons (Fsp3) is 0.647. The molecule has 0 aromatic heterocycles. The Labute approximate surface area is 495 Å². The van der Waals surface area contributed by atoms with E-state index >= 15 is 0 Å². The molecular formula is C68H116Br3N2OP. The summed E-state index contributed by atoms with van der Waals surface area (Å²) < 4.78 is 6.71. The molecule has 0 spiro atoms. The predicted octanol–water partition coefficient (Wildman–Crippen LogP) is 12.3. The van der Waals surface area contributed by atoms with E-state index < -0.39 is 5.31 Å². The Morgan fingerprint density at radius 3 is 1.13 bits per heavy atom. The summed E-state index contributed by atoms with van der Waals surface area (Å²) in [7, 11) is 9.06. The third-order valence-electron chi connectivity index (χ3n) is 15.1. The first kappa shape index (κ1) is 73.6. The molecule has 0 aliphatic carbocycles. The Morgan fingerprint density at radius 1 is 0.413 bits per heavy atom. The van der Waals surface area contributed by atoms with E-state index in [1.54, 1.807) is 0 Å². The number of nitrogens with zero attached hydrogens (tertiary/aromatic N) is 1. The number of ether oxygens (including phenoxy) is 1. The molecule has 0 fully saturated rings. The zero-order chi connectivity index (χ0) is 53.0. The SMILES string of the molecule is CCCCCCCCCCCCOCC[NH+](C)C.CCCCCCCCCCCCP(Br)(c1ccccc1)(c1ccccc1)c1ccc(C)cc1.CCCCCCCCCCCC[N+](C)(C)Cc1ccccc1.[Br-].[Br-]. The molecule has 3 nitrogen and oxygen atoms in total. The molecule has 0 amide bonds. The van der Waals surface area contributed by atoms with Crippen molar-refractivity contribution in [1.29, 1.82) is 0 Å². The van der Waals surface area contributed by atoms with Crippen molar-refractivity contribution in [2.24, 2.45) is 0 Å². The number of aryl methyl sites for hydroxylation is 1. The summed E-state index contributed by atoms with van der Waals surface area (Å²) in [4.78, 5) is 1.47. The second kappa shape index (κ2) is 47.4. The summed E-state index contributed by atoms with van der Waals surface area (Å²) in [6.45, 7) is 14.5. The van der Waals surface area contributed by atoms with Crippen LogP contribution in [0.3, 0.4) is 0 Å². The fourth-order valence-electron chi connectivity index (χ4n) is 10.3. The standard InChI is InChI=1S/C31H42BrP.C21H38N.C16H35NO.2BrH/c1-3-4-5-6-7-8-9-10-11-18-27-33(32,29-19-14-12-15-20-29,30-21-16-13-17-22-30)31-25-23-28(2)24-26-31;1-4-5-6-7-8-9-10-11-12-16-19-22(2,3)20-21-17-14-13-15-18-21;1-4-5-6-7-8-9-10-11-12-13-15-18-16-14-17(2)3;;/h12-17,19-26H,3-11,18,27H2,1-2H3;13-15,17-18H,4-12,16,19-20H2,1-3H3;4-16H2,1-3H3;2*1H/q;+1;;;/p-1. The van der Waals surface area contributed by atoms with Gasteiger partial charge in [0.1, 0.15) is 13.1 Å². The van der Waals surface area contributed by atoms with Gasteiger partial charge in [-0.2, -0.15) is 0 Å². The van der Waals surface area contributed by atoms with Gasteiger partial charge >= 0.3 is 211 Å². The maximum atomic E-state index is 5.60. The van der Waals surface area contributed by atoms with Gasteiger partial charge in [-0.25, -0.2) is 0 Å². The predicted molar refractivity (Wildman–Crippen MR) is 335 cm³/mol. The molecule has 0 atom stereocenters. The topological polar surface area (TPSA) is 13.7 Å². The van der Waals surface area contributed by atoms with Crippen LogP contribution in [0.4, 0.5) is 0 Å². The van der Waals surface area contributed by atoms with Crippen LogP contribution in [0.15, 0.2) is 115 Å². The summed E-state index contributed by atoms with van der Waals surface area (Å²) in [5, 5.41) is 1.58. The Balaban J connectivity index is 0.00000114. The van der Waals surface area contributed by atoms with E-state index in [1.165, 1.54) is 237 Å². The quantitative estimate of drug-likeness (QED) is 0.0266. The molecule has 7 heteroatoms. The number of benzene rings is 4. The first-order valence-corrected chi connectivity index (χ1v) is 35.1. The van der Waals surface area contributed by atoms with E-state index in [0.717, 1.165) is 30.8 Å². The minimum Gasteiger partial charge on any atom is -1.00 e. The van der Waals surface area contributed by atoms with Crippen LogP contribution < -0.4 is 54.8 Å². The van der Waals surface area contributed by atoms with Crippen molar-refractivity contribution in [1.82, 2.24) is 0 Å². The van der Waals surface area contributed by atoms with Gasteiger partial charge in [0.2, 0.25) is 0 Å². The van der Waals surface area contributed by atoms with Crippen molar-refractivity contribution in [2.75, 3.05) is 60.7 Å². The molecule has 0 unspecified atom stereocenters. The molecule has 0 bridgehead atoms. The number of hydrogen-bond acceptors (Lipinski definition) is 1. The molecule has 4 aromatic carbocycles. The molecule has 0 saturated carbocycles. The van der Waals surface area contributed by atoms with Crippen LogP contribution in [0.2, 0.25) is 0 Å². The number of halogens is 3. The van der Waals surface area contributed by atoms with Crippen molar-refractivity contribution in [3.05, 3.63) is 126 Å². The van der Waals surface area contributed by atoms with Crippen LogP contribution >= 0.6 is 20.8 Å². The molecule has 0 radical (unpaired) electrons. The van der Waals surface area contributed by atoms with Gasteiger partial charge < -0.3 is 48.1 Å². The van der Waals surface area contributed by atoms with Crippen LogP contribution in [-0.4, -0.2) is 65.1 Å². The molecule has 0 heterocycles. The zero-order valence-corrected chi connectivity index (χ0v) is 55.5. The number of hydrogen-bond donors (Lipinski definition) is 1. The molecule has 1 N–H and O–H groups in total. The molecule has 0 aliphatic heterocycles. The number of quaternary nitrogens is 2. The van der Waals surface area contributed by atoms with Crippen molar-refractivity contribution in [3.8, 4) is 0 Å². The van der Waals surface area contributed by atoms with Crippen LogP contribution in [0.25, 0.3) is 0 Å². The van der Waals surface area contributed by atoms with Crippen molar-refractivity contribution >= 4 is 36.7 Å². The van der Waals surface area contributed by atoms with E-state index in [-0.39, 0.29) is 34.0 Å². The maximum absolute atomic E-state index is 5.60. The molecule has 0 aliphatic rings. The van der Waals surface area contributed by atoms with Crippen LogP contribution in [-0.2, 0) is 11.3 Å². The van der Waals surface area contributed by atoms with Crippen molar-refractivity contribution < 1.29 is 48.1 Å². The second-order valence-electron chi connectivity index (χ2n) is 22.8. The van der Waals surface area contributed by atoms with Gasteiger partial charge in [-0.05, 0) is 19.3 Å². The summed E-state index contributed by atoms with van der Waals surface area (Å²) in [5.74, 6) is 0. The third kappa shape index (κ3) is 33.7. The third-order valence-corrected chi connectivity index (χ3v) is 25.1. The summed E-state index contributed by atoms with van der Waals surface area (Å²) in [5.41, 5.74) is 2.77. The second-order valence-corrected chi connectivity index (χ2v) is 31.9. The average Bonchev–Trinajstić information content (AvgIpc) is 3.40. The molecule has 4 aromatic rings. The van der Waals surface area contributed by atoms with Crippen LogP contribution in [0.5, 0.6) is 0 Å². The van der Waals surface area contributed by atoms with Crippen molar-refractivity contribution in [2.45, 2.75) is 227 Å². The van der Waals surface area contributed by atoms with Gasteiger partial charge in [-0.3, -0.25) is 0 Å². The number of likely N-dealkylation sites (N-methyl/N-ethyl adjacent to an activating group) is 1. The van der Waals surface area contributed by atoms with Gasteiger partial charge in [0.15, 0.2) is 0 Å².